The molecule has 1 amide bonds. The van der Waals surface area contributed by atoms with Gasteiger partial charge in [0.2, 0.25) is 0 Å². The first-order valence-electron chi connectivity index (χ1n) is 7.60. The number of carbonyl (C=O) groups excluding carboxylic acids is 2. The number of nitro groups is 1. The lowest BCUT2D eigenvalue weighted by molar-refractivity contribution is -0.385. The van der Waals surface area contributed by atoms with Gasteiger partial charge < -0.3 is 10.1 Å². The molecule has 0 saturated heterocycles. The smallest absolute Gasteiger partial charge is 0.338 e. The van der Waals surface area contributed by atoms with Gasteiger partial charge in [-0.25, -0.2) is 13.2 Å². The van der Waals surface area contributed by atoms with Gasteiger partial charge in [-0.1, -0.05) is 6.07 Å². The summed E-state index contributed by atoms with van der Waals surface area (Å²) in [6.07, 6.45) is 1.04. The molecule has 2 aromatic rings. The maximum atomic E-state index is 11.9. The molecule has 0 bridgehead atoms. The number of ether oxygens (including phenoxy) is 1. The van der Waals surface area contributed by atoms with Crippen molar-refractivity contribution in [3.05, 3.63) is 63.7 Å². The van der Waals surface area contributed by atoms with Crippen LogP contribution in [0.15, 0.2) is 47.4 Å². The lowest BCUT2D eigenvalue weighted by Crippen LogP contribution is -2.21. The van der Waals surface area contributed by atoms with Crippen LogP contribution in [0.5, 0.6) is 0 Å². The summed E-state index contributed by atoms with van der Waals surface area (Å²) in [4.78, 5) is 34.2. The topological polar surface area (TPSA) is 133 Å². The van der Waals surface area contributed by atoms with E-state index >= 15 is 0 Å². The Morgan fingerprint density at radius 1 is 1.15 bits per heavy atom. The second kappa shape index (κ2) is 7.96. The van der Waals surface area contributed by atoms with E-state index in [1.165, 1.54) is 42.5 Å². The molecular weight excluding hydrogens is 376 g/mol. The molecule has 0 aromatic heterocycles. The molecule has 1 N–H and O–H groups in total. The van der Waals surface area contributed by atoms with Crippen molar-refractivity contribution >= 4 is 33.1 Å². The van der Waals surface area contributed by atoms with Crippen molar-refractivity contribution in [1.29, 1.82) is 0 Å². The van der Waals surface area contributed by atoms with Gasteiger partial charge in [-0.15, -0.1) is 0 Å². The Labute approximate surface area is 155 Å². The number of hydrogen-bond donors (Lipinski definition) is 1. The zero-order chi connectivity index (χ0) is 20.2. The third kappa shape index (κ3) is 5.35. The molecule has 27 heavy (non-hydrogen) atoms. The van der Waals surface area contributed by atoms with Crippen LogP contribution in [0.3, 0.4) is 0 Å². The third-order valence-electron chi connectivity index (χ3n) is 3.54. The van der Waals surface area contributed by atoms with Gasteiger partial charge in [0, 0.05) is 23.6 Å². The van der Waals surface area contributed by atoms with E-state index in [2.05, 4.69) is 5.32 Å². The van der Waals surface area contributed by atoms with Crippen molar-refractivity contribution in [3.8, 4) is 0 Å². The number of carbonyl (C=O) groups is 2. The van der Waals surface area contributed by atoms with E-state index in [1.807, 2.05) is 0 Å². The van der Waals surface area contributed by atoms with Gasteiger partial charge in [0.15, 0.2) is 16.4 Å². The van der Waals surface area contributed by atoms with Crippen LogP contribution >= 0.6 is 0 Å². The molecule has 0 fully saturated rings. The number of nitro benzene ring substituents is 1. The molecule has 0 heterocycles. The fourth-order valence-electron chi connectivity index (χ4n) is 2.13. The molecule has 0 aliphatic carbocycles. The zero-order valence-electron chi connectivity index (χ0n) is 14.5. The second-order valence-electron chi connectivity index (χ2n) is 5.68. The van der Waals surface area contributed by atoms with Gasteiger partial charge in [-0.05, 0) is 37.3 Å². The van der Waals surface area contributed by atoms with E-state index in [9.17, 15) is 28.1 Å². The summed E-state index contributed by atoms with van der Waals surface area (Å²) in [5, 5.41) is 13.3. The van der Waals surface area contributed by atoms with Crippen molar-refractivity contribution in [2.24, 2.45) is 0 Å². The summed E-state index contributed by atoms with van der Waals surface area (Å²) in [6, 6.07) is 9.27. The Morgan fingerprint density at radius 3 is 2.33 bits per heavy atom. The number of nitrogens with zero attached hydrogens (tertiary/aromatic N) is 1. The largest absolute Gasteiger partial charge is 0.452 e. The molecule has 0 aliphatic rings. The summed E-state index contributed by atoms with van der Waals surface area (Å²) in [5.41, 5.74) is 0.588. The predicted molar refractivity (Wildman–Crippen MR) is 96.3 cm³/mol. The fourth-order valence-corrected chi connectivity index (χ4v) is 2.76. The number of aryl methyl sites for hydroxylation is 1. The molecular formula is C17H16N2O7S. The highest BCUT2D eigenvalue weighted by atomic mass is 32.2. The molecule has 0 saturated carbocycles. The number of sulfone groups is 1. The van der Waals surface area contributed by atoms with Crippen LogP contribution in [-0.2, 0) is 19.4 Å². The van der Waals surface area contributed by atoms with E-state index in [-0.39, 0.29) is 21.8 Å². The summed E-state index contributed by atoms with van der Waals surface area (Å²) in [6.45, 7) is 0.967. The predicted octanol–water partition coefficient (Wildman–Crippen LogP) is 2.10. The Morgan fingerprint density at radius 2 is 1.78 bits per heavy atom. The number of anilines is 1. The zero-order valence-corrected chi connectivity index (χ0v) is 15.3. The summed E-state index contributed by atoms with van der Waals surface area (Å²) >= 11 is 0. The van der Waals surface area contributed by atoms with Gasteiger partial charge in [-0.3, -0.25) is 14.9 Å². The average Bonchev–Trinajstić information content (AvgIpc) is 2.60. The maximum absolute atomic E-state index is 11.9. The number of rotatable bonds is 6. The maximum Gasteiger partial charge on any atom is 0.338 e. The Hall–Kier alpha value is -3.27. The quantitative estimate of drug-likeness (QED) is 0.452. The van der Waals surface area contributed by atoms with E-state index in [0.29, 0.717) is 5.56 Å². The van der Waals surface area contributed by atoms with Gasteiger partial charge in [0.1, 0.15) is 0 Å². The van der Waals surface area contributed by atoms with Gasteiger partial charge in [0.25, 0.3) is 11.6 Å². The minimum absolute atomic E-state index is 0.0535. The fraction of sp³-hybridized carbons (Fsp3) is 0.176. The van der Waals surface area contributed by atoms with Crippen molar-refractivity contribution in [2.45, 2.75) is 11.8 Å². The molecule has 0 aliphatic heterocycles. The molecule has 0 spiro atoms. The average molecular weight is 392 g/mol. The Kier molecular flexibility index (Phi) is 5.91. The minimum Gasteiger partial charge on any atom is -0.452 e. The van der Waals surface area contributed by atoms with E-state index in [1.54, 1.807) is 6.92 Å². The van der Waals surface area contributed by atoms with Gasteiger partial charge in [0.05, 0.1) is 15.4 Å². The minimum atomic E-state index is -3.38. The van der Waals surface area contributed by atoms with Gasteiger partial charge >= 0.3 is 5.97 Å². The van der Waals surface area contributed by atoms with Crippen molar-refractivity contribution in [1.82, 2.24) is 0 Å². The van der Waals surface area contributed by atoms with E-state index in [4.69, 9.17) is 4.74 Å². The number of hydrogen-bond acceptors (Lipinski definition) is 7. The lowest BCUT2D eigenvalue weighted by atomic mass is 10.2. The van der Waals surface area contributed by atoms with Crippen LogP contribution in [0.4, 0.5) is 11.4 Å². The number of nitrogens with one attached hydrogen (secondary N) is 1. The first kappa shape index (κ1) is 20.0. The van der Waals surface area contributed by atoms with Crippen LogP contribution < -0.4 is 5.32 Å². The first-order chi connectivity index (χ1) is 12.6. The van der Waals surface area contributed by atoms with Crippen molar-refractivity contribution in [2.75, 3.05) is 18.2 Å². The highest BCUT2D eigenvalue weighted by Gasteiger charge is 2.15. The molecule has 10 heteroatoms. The monoisotopic (exact) mass is 392 g/mol. The third-order valence-corrected chi connectivity index (χ3v) is 4.67. The lowest BCUT2D eigenvalue weighted by Gasteiger charge is -2.08. The first-order valence-corrected chi connectivity index (χ1v) is 9.49. The summed E-state index contributed by atoms with van der Waals surface area (Å²) in [5.74, 6) is -1.48. The number of benzene rings is 2. The van der Waals surface area contributed by atoms with Gasteiger partial charge in [-0.2, -0.15) is 0 Å². The SMILES string of the molecule is Cc1ccc(NC(=O)COC(=O)c2ccc(S(C)(=O)=O)cc2)cc1[N+](=O)[O-]. The summed E-state index contributed by atoms with van der Waals surface area (Å²) in [7, 11) is -3.38. The second-order valence-corrected chi connectivity index (χ2v) is 7.69. The van der Waals surface area contributed by atoms with Crippen LogP contribution in [0, 0.1) is 17.0 Å². The Bertz CT molecular complexity index is 998. The molecule has 0 atom stereocenters. The molecule has 0 radical (unpaired) electrons. The van der Waals surface area contributed by atoms with Crippen molar-refractivity contribution < 1.29 is 27.7 Å². The standard InChI is InChI=1S/C17H16N2O7S/c1-11-3-6-13(9-15(11)19(22)23)18-16(20)10-26-17(21)12-4-7-14(8-5-12)27(2,24)25/h3-9H,10H2,1-2H3,(H,18,20). The molecule has 2 rings (SSSR count). The van der Waals surface area contributed by atoms with E-state index < -0.39 is 33.2 Å². The van der Waals surface area contributed by atoms with Crippen LogP contribution in [0.2, 0.25) is 0 Å². The Balaban J connectivity index is 1.96. The molecule has 2 aromatic carbocycles. The molecule has 142 valence electrons. The van der Waals surface area contributed by atoms with Crippen LogP contribution in [0.1, 0.15) is 15.9 Å². The molecule has 9 nitrogen and oxygen atoms in total. The van der Waals surface area contributed by atoms with Crippen LogP contribution in [0.25, 0.3) is 0 Å². The normalized spacial score (nSPS) is 10.9. The van der Waals surface area contributed by atoms with Crippen molar-refractivity contribution in [3.63, 3.8) is 0 Å². The number of amides is 1. The number of esters is 1. The summed E-state index contributed by atoms with van der Waals surface area (Å²) < 4.78 is 27.6. The molecule has 0 unspecified atom stereocenters. The van der Waals surface area contributed by atoms with Crippen LogP contribution in [-0.4, -0.2) is 38.1 Å². The van der Waals surface area contributed by atoms with E-state index in [0.717, 1.165) is 6.26 Å². The highest BCUT2D eigenvalue weighted by Crippen LogP contribution is 2.22. The highest BCUT2D eigenvalue weighted by molar-refractivity contribution is 7.90.